The van der Waals surface area contributed by atoms with Gasteiger partial charge >= 0.3 is 0 Å². The molecule has 2 amide bonds. The van der Waals surface area contributed by atoms with Crippen molar-refractivity contribution in [3.8, 4) is 0 Å². The predicted octanol–water partition coefficient (Wildman–Crippen LogP) is 6.40. The van der Waals surface area contributed by atoms with Crippen molar-refractivity contribution in [2.24, 2.45) is 0 Å². The van der Waals surface area contributed by atoms with Gasteiger partial charge in [0.15, 0.2) is 0 Å². The number of sulfonamides is 1. The summed E-state index contributed by atoms with van der Waals surface area (Å²) in [6, 6.07) is 15.2. The summed E-state index contributed by atoms with van der Waals surface area (Å²) in [5.74, 6) is -1.00. The molecule has 0 saturated carbocycles. The summed E-state index contributed by atoms with van der Waals surface area (Å²) in [4.78, 5) is 28.3. The molecule has 1 atom stereocenters. The maximum Gasteiger partial charge on any atom is 0.264 e. The molecule has 0 bridgehead atoms. The molecule has 0 saturated heterocycles. The Morgan fingerprint density at radius 2 is 1.48 bits per heavy atom. The third kappa shape index (κ3) is 7.29. The van der Waals surface area contributed by atoms with Crippen LogP contribution in [-0.4, -0.2) is 44.3 Å². The average Bonchev–Trinajstić information content (AvgIpc) is 2.91. The molecular weight excluding hydrogens is 593 g/mol. The quantitative estimate of drug-likeness (QED) is 0.267. The summed E-state index contributed by atoms with van der Waals surface area (Å²) in [5.41, 5.74) is 2.07. The minimum absolute atomic E-state index is 0.0136. The summed E-state index contributed by atoms with van der Waals surface area (Å²) in [6.45, 7) is 6.75. The van der Waals surface area contributed by atoms with Gasteiger partial charge in [-0.15, -0.1) is 0 Å². The second-order valence-corrected chi connectivity index (χ2v) is 12.5. The fourth-order valence-corrected chi connectivity index (χ4v) is 6.21. The minimum atomic E-state index is -4.21. The molecule has 3 rings (SSSR count). The molecule has 0 unspecified atom stereocenters. The number of amides is 2. The molecule has 0 spiro atoms. The van der Waals surface area contributed by atoms with Crippen LogP contribution < -0.4 is 9.62 Å². The number of anilines is 1. The van der Waals surface area contributed by atoms with E-state index in [1.54, 1.807) is 62.4 Å². The lowest BCUT2D eigenvalue weighted by atomic mass is 10.1. The predicted molar refractivity (Wildman–Crippen MR) is 162 cm³/mol. The van der Waals surface area contributed by atoms with Crippen LogP contribution in [0.5, 0.6) is 0 Å². The van der Waals surface area contributed by atoms with Crippen LogP contribution in [0.3, 0.4) is 0 Å². The summed E-state index contributed by atoms with van der Waals surface area (Å²) in [7, 11) is -4.21. The van der Waals surface area contributed by atoms with Crippen LogP contribution >= 0.6 is 34.8 Å². The minimum Gasteiger partial charge on any atom is -0.354 e. The van der Waals surface area contributed by atoms with Crippen LogP contribution in [0.2, 0.25) is 15.1 Å². The van der Waals surface area contributed by atoms with Gasteiger partial charge in [0.05, 0.1) is 10.6 Å². The topological polar surface area (TPSA) is 86.8 Å². The molecular formula is C29H32Cl3N3O4S. The molecule has 214 valence electrons. The Balaban J connectivity index is 2.10. The first-order valence-corrected chi connectivity index (χ1v) is 15.3. The molecule has 3 aromatic carbocycles. The Hall–Kier alpha value is -2.78. The molecule has 1 N–H and O–H groups in total. The number of benzene rings is 3. The van der Waals surface area contributed by atoms with Crippen LogP contribution in [0.15, 0.2) is 65.6 Å². The van der Waals surface area contributed by atoms with Crippen molar-refractivity contribution in [2.45, 2.75) is 51.6 Å². The number of hydrogen-bond acceptors (Lipinski definition) is 4. The molecule has 11 heteroatoms. The number of carbonyl (C=O) groups is 2. The van der Waals surface area contributed by atoms with Crippen molar-refractivity contribution in [2.75, 3.05) is 17.4 Å². The van der Waals surface area contributed by atoms with Gasteiger partial charge in [-0.25, -0.2) is 8.42 Å². The highest BCUT2D eigenvalue weighted by Gasteiger charge is 2.33. The van der Waals surface area contributed by atoms with E-state index in [4.69, 9.17) is 34.8 Å². The first-order chi connectivity index (χ1) is 18.9. The fraction of sp³-hybridized carbons (Fsp3) is 0.310. The van der Waals surface area contributed by atoms with E-state index in [1.807, 2.05) is 13.8 Å². The van der Waals surface area contributed by atoms with E-state index in [9.17, 15) is 18.0 Å². The molecule has 7 nitrogen and oxygen atoms in total. The number of aryl methyl sites for hydroxylation is 1. The Kier molecular flexibility index (Phi) is 10.9. The number of halogens is 3. The Morgan fingerprint density at radius 3 is 2.08 bits per heavy atom. The van der Waals surface area contributed by atoms with Crippen molar-refractivity contribution in [3.63, 3.8) is 0 Å². The van der Waals surface area contributed by atoms with Crippen LogP contribution in [0, 0.1) is 13.8 Å². The van der Waals surface area contributed by atoms with E-state index in [2.05, 4.69) is 5.32 Å². The van der Waals surface area contributed by atoms with E-state index in [-0.39, 0.29) is 23.0 Å². The number of nitrogens with one attached hydrogen (secondary N) is 1. The molecule has 0 aliphatic heterocycles. The van der Waals surface area contributed by atoms with Gasteiger partial charge in [0.1, 0.15) is 12.6 Å². The summed E-state index contributed by atoms with van der Waals surface area (Å²) >= 11 is 19.2. The Bertz CT molecular complexity index is 1460. The molecule has 0 aromatic heterocycles. The first-order valence-electron chi connectivity index (χ1n) is 12.7. The highest BCUT2D eigenvalue weighted by atomic mass is 35.5. The smallest absolute Gasteiger partial charge is 0.264 e. The molecule has 0 aliphatic rings. The maximum absolute atomic E-state index is 14.0. The first kappa shape index (κ1) is 31.7. The monoisotopic (exact) mass is 623 g/mol. The van der Waals surface area contributed by atoms with Gasteiger partial charge in [0.2, 0.25) is 11.8 Å². The lowest BCUT2D eigenvalue weighted by molar-refractivity contribution is -0.139. The normalized spacial score (nSPS) is 12.1. The van der Waals surface area contributed by atoms with E-state index < -0.39 is 28.5 Å². The average molecular weight is 625 g/mol. The largest absolute Gasteiger partial charge is 0.354 e. The van der Waals surface area contributed by atoms with Crippen molar-refractivity contribution >= 4 is 62.3 Å². The van der Waals surface area contributed by atoms with E-state index in [1.165, 1.54) is 17.0 Å². The van der Waals surface area contributed by atoms with E-state index in [0.717, 1.165) is 9.87 Å². The molecule has 3 aromatic rings. The Morgan fingerprint density at radius 1 is 0.900 bits per heavy atom. The van der Waals surface area contributed by atoms with Crippen LogP contribution in [0.4, 0.5) is 5.69 Å². The van der Waals surface area contributed by atoms with Crippen molar-refractivity contribution in [1.29, 1.82) is 0 Å². The van der Waals surface area contributed by atoms with Gasteiger partial charge in [0, 0.05) is 33.7 Å². The van der Waals surface area contributed by atoms with Gasteiger partial charge < -0.3 is 10.2 Å². The van der Waals surface area contributed by atoms with Crippen molar-refractivity contribution in [3.05, 3.63) is 92.4 Å². The molecule has 0 fully saturated rings. The molecule has 0 radical (unpaired) electrons. The van der Waals surface area contributed by atoms with Crippen LogP contribution in [-0.2, 0) is 26.2 Å². The van der Waals surface area contributed by atoms with Gasteiger partial charge in [-0.1, -0.05) is 71.6 Å². The number of hydrogen-bond donors (Lipinski definition) is 1. The second-order valence-electron chi connectivity index (χ2n) is 9.40. The molecule has 40 heavy (non-hydrogen) atoms. The number of carbonyl (C=O) groups excluding carboxylic acids is 2. The SMILES string of the molecule is CCCNC(=O)[C@H](C)N(Cc1c(Cl)cccc1Cl)C(=O)CN(c1cccc(Cl)c1C)S(=O)(=O)c1ccc(C)cc1. The highest BCUT2D eigenvalue weighted by Crippen LogP contribution is 2.32. The van der Waals surface area contributed by atoms with Crippen molar-refractivity contribution in [1.82, 2.24) is 10.2 Å². The van der Waals surface area contributed by atoms with Crippen LogP contribution in [0.25, 0.3) is 0 Å². The van der Waals surface area contributed by atoms with Crippen molar-refractivity contribution < 1.29 is 18.0 Å². The van der Waals surface area contributed by atoms with E-state index >= 15 is 0 Å². The number of rotatable bonds is 11. The zero-order chi connectivity index (χ0) is 29.6. The summed E-state index contributed by atoms with van der Waals surface area (Å²) in [5, 5.41) is 3.79. The zero-order valence-electron chi connectivity index (χ0n) is 22.7. The second kappa shape index (κ2) is 13.7. The zero-order valence-corrected chi connectivity index (χ0v) is 25.8. The lowest BCUT2D eigenvalue weighted by Gasteiger charge is -2.33. The van der Waals surface area contributed by atoms with E-state index in [0.29, 0.717) is 39.2 Å². The van der Waals surface area contributed by atoms with Crippen LogP contribution in [0.1, 0.15) is 37.0 Å². The number of nitrogens with zero attached hydrogens (tertiary/aromatic N) is 2. The summed E-state index contributed by atoms with van der Waals surface area (Å²) in [6.07, 6.45) is 0.708. The Labute approximate surface area is 251 Å². The van der Waals surface area contributed by atoms with Gasteiger partial charge in [0.25, 0.3) is 10.0 Å². The lowest BCUT2D eigenvalue weighted by Crippen LogP contribution is -2.51. The highest BCUT2D eigenvalue weighted by molar-refractivity contribution is 7.92. The van der Waals surface area contributed by atoms with Gasteiger partial charge in [-0.3, -0.25) is 13.9 Å². The van der Waals surface area contributed by atoms with Gasteiger partial charge in [-0.2, -0.15) is 0 Å². The fourth-order valence-electron chi connectivity index (χ4n) is 4.05. The molecule has 0 aliphatic carbocycles. The standard InChI is InChI=1S/C29H32Cl3N3O4S/c1-5-16-33-29(37)21(4)34(17-23-25(31)9-6-10-26(23)32)28(36)18-35(27-11-7-8-24(30)20(27)3)40(38,39)22-14-12-19(2)13-15-22/h6-15,21H,5,16-18H2,1-4H3,(H,33,37)/t21-/m0/s1. The maximum atomic E-state index is 14.0. The third-order valence-corrected chi connectivity index (χ3v) is 9.39. The molecule has 0 heterocycles. The summed E-state index contributed by atoms with van der Waals surface area (Å²) < 4.78 is 29.0. The van der Waals surface area contributed by atoms with Gasteiger partial charge in [-0.05, 0) is 69.2 Å². The third-order valence-electron chi connectivity index (χ3n) is 6.50.